The van der Waals surface area contributed by atoms with E-state index in [-0.39, 0.29) is 22.6 Å². The van der Waals surface area contributed by atoms with E-state index < -0.39 is 21.4 Å². The molecule has 0 atom stereocenters. The van der Waals surface area contributed by atoms with Crippen LogP contribution in [0.15, 0.2) is 23.1 Å². The second-order valence-electron chi connectivity index (χ2n) is 3.11. The van der Waals surface area contributed by atoms with Crippen LogP contribution in [0.3, 0.4) is 0 Å². The molecule has 0 unspecified atom stereocenters. The van der Waals surface area contributed by atoms with Crippen LogP contribution >= 0.6 is 0 Å². The van der Waals surface area contributed by atoms with Gasteiger partial charge in [-0.15, -0.1) is 0 Å². The average molecular weight is 214 g/mol. The first-order valence-electron chi connectivity index (χ1n) is 4.07. The lowest BCUT2D eigenvalue weighted by Crippen LogP contribution is -2.22. The molecule has 0 aliphatic carbocycles. The third-order valence-electron chi connectivity index (χ3n) is 2.19. The van der Waals surface area contributed by atoms with E-state index in [0.29, 0.717) is 0 Å². The van der Waals surface area contributed by atoms with Gasteiger partial charge in [0.2, 0.25) is 0 Å². The van der Waals surface area contributed by atoms with Crippen molar-refractivity contribution in [1.29, 1.82) is 0 Å². The standard InChI is InChI=1S/C9H7FO3S/c10-6-2-1-3-8-9(6)7(11)4-5-14(8,12)13/h1-3H,4-5H2. The fraction of sp³-hybridized carbons (Fsp3) is 0.222. The lowest BCUT2D eigenvalue weighted by Gasteiger charge is -2.14. The second kappa shape index (κ2) is 2.88. The van der Waals surface area contributed by atoms with Crippen molar-refractivity contribution in [2.75, 3.05) is 5.75 Å². The number of Topliss-reactive ketones (excluding diaryl/α,β-unsaturated/α-hetero) is 1. The third kappa shape index (κ3) is 1.24. The summed E-state index contributed by atoms with van der Waals surface area (Å²) in [6.45, 7) is 0. The molecule has 3 nitrogen and oxygen atoms in total. The number of halogens is 1. The molecular formula is C9H7FO3S. The van der Waals surface area contributed by atoms with Crippen LogP contribution in [0.1, 0.15) is 16.8 Å². The molecule has 1 aromatic carbocycles. The first kappa shape index (κ1) is 9.33. The largest absolute Gasteiger partial charge is 0.294 e. The van der Waals surface area contributed by atoms with E-state index in [0.717, 1.165) is 6.07 Å². The van der Waals surface area contributed by atoms with Gasteiger partial charge in [0.1, 0.15) is 5.82 Å². The molecule has 0 spiro atoms. The molecule has 5 heteroatoms. The van der Waals surface area contributed by atoms with Crippen LogP contribution in [0.4, 0.5) is 4.39 Å². The Labute approximate surface area is 80.5 Å². The van der Waals surface area contributed by atoms with E-state index in [1.165, 1.54) is 12.1 Å². The Morgan fingerprint density at radius 1 is 1.29 bits per heavy atom. The van der Waals surface area contributed by atoms with Crippen molar-refractivity contribution < 1.29 is 17.6 Å². The van der Waals surface area contributed by atoms with Crippen molar-refractivity contribution in [3.63, 3.8) is 0 Å². The highest BCUT2D eigenvalue weighted by atomic mass is 32.2. The molecular weight excluding hydrogens is 207 g/mol. The van der Waals surface area contributed by atoms with Gasteiger partial charge in [-0.05, 0) is 12.1 Å². The Kier molecular flexibility index (Phi) is 1.92. The summed E-state index contributed by atoms with van der Waals surface area (Å²) in [6, 6.07) is 3.66. The molecule has 0 bridgehead atoms. The first-order valence-corrected chi connectivity index (χ1v) is 5.72. The van der Waals surface area contributed by atoms with Crippen LogP contribution < -0.4 is 0 Å². The zero-order valence-electron chi connectivity index (χ0n) is 7.16. The van der Waals surface area contributed by atoms with Gasteiger partial charge in [0.25, 0.3) is 0 Å². The number of rotatable bonds is 0. The maximum Gasteiger partial charge on any atom is 0.179 e. The van der Waals surface area contributed by atoms with Gasteiger partial charge in [0, 0.05) is 6.42 Å². The molecule has 0 saturated heterocycles. The number of carbonyl (C=O) groups excluding carboxylic acids is 1. The summed E-state index contributed by atoms with van der Waals surface area (Å²) < 4.78 is 36.1. The topological polar surface area (TPSA) is 51.2 Å². The van der Waals surface area contributed by atoms with Crippen molar-refractivity contribution >= 4 is 15.6 Å². The Morgan fingerprint density at radius 2 is 2.00 bits per heavy atom. The molecule has 1 aliphatic heterocycles. The smallest absolute Gasteiger partial charge is 0.179 e. The minimum absolute atomic E-state index is 0.129. The van der Waals surface area contributed by atoms with Crippen LogP contribution in [0, 0.1) is 5.82 Å². The fourth-order valence-corrected chi connectivity index (χ4v) is 2.98. The van der Waals surface area contributed by atoms with Crippen molar-refractivity contribution in [1.82, 2.24) is 0 Å². The van der Waals surface area contributed by atoms with Crippen LogP contribution in [-0.2, 0) is 9.84 Å². The Balaban J connectivity index is 2.82. The van der Waals surface area contributed by atoms with Crippen LogP contribution in [0.2, 0.25) is 0 Å². The quantitative estimate of drug-likeness (QED) is 0.651. The molecule has 0 fully saturated rings. The minimum atomic E-state index is -3.46. The van der Waals surface area contributed by atoms with Gasteiger partial charge < -0.3 is 0 Å². The Hall–Kier alpha value is -1.23. The number of hydrogen-bond acceptors (Lipinski definition) is 3. The van der Waals surface area contributed by atoms with Gasteiger partial charge in [-0.3, -0.25) is 4.79 Å². The van der Waals surface area contributed by atoms with Gasteiger partial charge in [-0.25, -0.2) is 12.8 Å². The minimum Gasteiger partial charge on any atom is -0.294 e. The second-order valence-corrected chi connectivity index (χ2v) is 5.18. The van der Waals surface area contributed by atoms with E-state index >= 15 is 0 Å². The number of fused-ring (bicyclic) bond motifs is 1. The van der Waals surface area contributed by atoms with Gasteiger partial charge >= 0.3 is 0 Å². The monoisotopic (exact) mass is 214 g/mol. The molecule has 14 heavy (non-hydrogen) atoms. The summed E-state index contributed by atoms with van der Waals surface area (Å²) in [4.78, 5) is 11.1. The predicted molar refractivity (Wildman–Crippen MR) is 47.4 cm³/mol. The van der Waals surface area contributed by atoms with Gasteiger partial charge in [-0.1, -0.05) is 6.07 Å². The zero-order valence-corrected chi connectivity index (χ0v) is 7.97. The van der Waals surface area contributed by atoms with Gasteiger partial charge in [0.15, 0.2) is 15.6 Å². The summed E-state index contributed by atoms with van der Waals surface area (Å²) >= 11 is 0. The maximum absolute atomic E-state index is 13.2. The Bertz CT molecular complexity index is 505. The summed E-state index contributed by atoms with van der Waals surface area (Å²) in [6.07, 6.45) is -0.129. The van der Waals surface area contributed by atoms with Gasteiger partial charge in [0.05, 0.1) is 16.2 Å². The highest BCUT2D eigenvalue weighted by Crippen LogP contribution is 2.26. The van der Waals surface area contributed by atoms with Crippen LogP contribution in [0.5, 0.6) is 0 Å². The predicted octanol–water partition coefficient (Wildman–Crippen LogP) is 1.19. The van der Waals surface area contributed by atoms with Crippen molar-refractivity contribution in [2.45, 2.75) is 11.3 Å². The molecule has 0 N–H and O–H groups in total. The molecule has 74 valence electrons. The molecule has 0 aromatic heterocycles. The SMILES string of the molecule is O=C1CCS(=O)(=O)c2cccc(F)c21. The maximum atomic E-state index is 13.2. The van der Waals surface area contributed by atoms with Crippen LogP contribution in [0.25, 0.3) is 0 Å². The Morgan fingerprint density at radius 3 is 2.64 bits per heavy atom. The molecule has 2 rings (SSSR count). The fourth-order valence-electron chi connectivity index (χ4n) is 1.50. The normalized spacial score (nSPS) is 19.1. The van der Waals surface area contributed by atoms with E-state index in [1.807, 2.05) is 0 Å². The molecule has 1 aromatic rings. The lowest BCUT2D eigenvalue weighted by atomic mass is 10.1. The summed E-state index contributed by atoms with van der Waals surface area (Å²) in [5.74, 6) is -1.41. The molecule has 0 saturated carbocycles. The average Bonchev–Trinajstić information content (AvgIpc) is 2.12. The summed E-state index contributed by atoms with van der Waals surface area (Å²) in [5.41, 5.74) is -0.279. The molecule has 1 heterocycles. The van der Waals surface area contributed by atoms with Crippen molar-refractivity contribution in [3.8, 4) is 0 Å². The number of hydrogen-bond donors (Lipinski definition) is 0. The highest BCUT2D eigenvalue weighted by molar-refractivity contribution is 7.91. The molecule has 0 radical (unpaired) electrons. The molecule has 0 amide bonds. The van der Waals surface area contributed by atoms with E-state index in [2.05, 4.69) is 0 Å². The summed E-state index contributed by atoms with van der Waals surface area (Å²) in [7, 11) is -3.46. The third-order valence-corrected chi connectivity index (χ3v) is 3.94. The number of ketones is 1. The number of carbonyl (C=O) groups is 1. The van der Waals surface area contributed by atoms with Gasteiger partial charge in [-0.2, -0.15) is 0 Å². The van der Waals surface area contributed by atoms with E-state index in [1.54, 1.807) is 0 Å². The number of benzene rings is 1. The van der Waals surface area contributed by atoms with Crippen molar-refractivity contribution in [3.05, 3.63) is 29.6 Å². The number of sulfone groups is 1. The van der Waals surface area contributed by atoms with Crippen molar-refractivity contribution in [2.24, 2.45) is 0 Å². The lowest BCUT2D eigenvalue weighted by molar-refractivity contribution is 0.0978. The molecule has 1 aliphatic rings. The highest BCUT2D eigenvalue weighted by Gasteiger charge is 2.30. The zero-order chi connectivity index (χ0) is 10.3. The first-order chi connectivity index (χ1) is 6.52. The van der Waals surface area contributed by atoms with E-state index in [4.69, 9.17) is 0 Å². The van der Waals surface area contributed by atoms with E-state index in [9.17, 15) is 17.6 Å². The van der Waals surface area contributed by atoms with Crippen LogP contribution in [-0.4, -0.2) is 20.0 Å². The summed E-state index contributed by atoms with van der Waals surface area (Å²) in [5, 5.41) is 0.